The van der Waals surface area contributed by atoms with Gasteiger partial charge in [0, 0.05) is 10.8 Å². The number of fused-ring (bicyclic) bond motifs is 5. The normalized spacial score (nSPS) is 15.9. The first kappa shape index (κ1) is 13.1. The van der Waals surface area contributed by atoms with Gasteiger partial charge in [-0.1, -0.05) is 127 Å². The van der Waals surface area contributed by atoms with Gasteiger partial charge in [0.1, 0.15) is 11.2 Å². The van der Waals surface area contributed by atoms with Gasteiger partial charge in [-0.05, 0) is 73.1 Å². The van der Waals surface area contributed by atoms with Gasteiger partial charge >= 0.3 is 0 Å². The first-order chi connectivity index (χ1) is 24.3. The number of para-hydroxylation sites is 1. The lowest BCUT2D eigenvalue weighted by Gasteiger charge is -2.18. The van der Waals surface area contributed by atoms with E-state index in [0.29, 0.717) is 38.2 Å². The topological polar surface area (TPSA) is 13.1 Å². The molecule has 8 rings (SSSR count). The fourth-order valence-corrected chi connectivity index (χ4v) is 5.38. The highest BCUT2D eigenvalue weighted by Gasteiger charge is 2.20. The molecule has 0 saturated carbocycles. The van der Waals surface area contributed by atoms with Crippen molar-refractivity contribution in [2.75, 3.05) is 0 Å². The van der Waals surface area contributed by atoms with Gasteiger partial charge in [0.2, 0.25) is 0 Å². The Morgan fingerprint density at radius 3 is 1.79 bits per heavy atom. The minimum atomic E-state index is -0.517. The van der Waals surface area contributed by atoms with Crippen molar-refractivity contribution in [3.8, 4) is 33.4 Å². The maximum absolute atomic E-state index is 9.44. The molecule has 0 bridgehead atoms. The van der Waals surface area contributed by atoms with Crippen LogP contribution >= 0.6 is 0 Å². The first-order valence-corrected chi connectivity index (χ1v) is 12.4. The average Bonchev–Trinajstić information content (AvgIpc) is 3.53. The lowest BCUT2D eigenvalue weighted by molar-refractivity contribution is 0.669. The second-order valence-corrected chi connectivity index (χ2v) is 9.14. The van der Waals surface area contributed by atoms with Crippen molar-refractivity contribution in [1.82, 2.24) is 0 Å². The summed E-state index contributed by atoms with van der Waals surface area (Å²) in [5.74, 6) is 0. The van der Waals surface area contributed by atoms with Crippen molar-refractivity contribution in [2.24, 2.45) is 0 Å². The van der Waals surface area contributed by atoms with Gasteiger partial charge in [-0.15, -0.1) is 0 Å². The van der Waals surface area contributed by atoms with Crippen molar-refractivity contribution in [1.29, 1.82) is 0 Å². The molecule has 0 radical (unpaired) electrons. The van der Waals surface area contributed by atoms with E-state index in [9.17, 15) is 2.74 Å². The Labute approximate surface area is 243 Å². The second-order valence-electron chi connectivity index (χ2n) is 9.14. The molecule has 8 aromatic rings. The van der Waals surface area contributed by atoms with Crippen molar-refractivity contribution in [3.05, 3.63) is 145 Å². The number of rotatable bonds is 3. The van der Waals surface area contributed by atoms with Gasteiger partial charge in [0.05, 0.1) is 16.4 Å². The SMILES string of the molecule is [2H]c1ccc(-c2c([2H])c([2H])c([2H])c(-c3c4ccccc4c(-c4c([2H])c([2H])c([2H])c5oc6c([2H])c([2H])c([2H])c([2H])c6c45)c4ccccc34)c2[2H])cc1. The largest absolute Gasteiger partial charge is 0.456 e. The molecule has 0 atom stereocenters. The van der Waals surface area contributed by atoms with Crippen LogP contribution in [0, 0.1) is 0 Å². The summed E-state index contributed by atoms with van der Waals surface area (Å²) in [6.07, 6.45) is 0. The quantitative estimate of drug-likeness (QED) is 0.216. The van der Waals surface area contributed by atoms with Crippen LogP contribution in [0.25, 0.3) is 76.9 Å². The number of furan rings is 1. The van der Waals surface area contributed by atoms with E-state index in [1.807, 2.05) is 0 Å². The molecule has 1 aromatic heterocycles. The Hall–Kier alpha value is -5.14. The summed E-state index contributed by atoms with van der Waals surface area (Å²) in [5.41, 5.74) is 1.36. The van der Waals surface area contributed by atoms with Crippen LogP contribution in [0.1, 0.15) is 16.4 Å². The Balaban J connectivity index is 1.60. The van der Waals surface area contributed by atoms with E-state index in [0.717, 1.165) is 0 Å². The summed E-state index contributed by atoms with van der Waals surface area (Å²) in [6.45, 7) is 0. The summed E-state index contributed by atoms with van der Waals surface area (Å²) >= 11 is 0. The van der Waals surface area contributed by atoms with Crippen LogP contribution in [0.5, 0.6) is 0 Å². The molecule has 182 valence electrons. The molecular formula is C38H24O. The molecule has 0 aliphatic heterocycles. The van der Waals surface area contributed by atoms with Crippen LogP contribution in [0.15, 0.2) is 150 Å². The molecule has 0 fully saturated rings. The maximum atomic E-state index is 9.44. The Kier molecular flexibility index (Phi) is 2.92. The second kappa shape index (κ2) is 8.72. The molecule has 0 N–H and O–H groups in total. The Morgan fingerprint density at radius 1 is 0.436 bits per heavy atom. The summed E-state index contributed by atoms with van der Waals surface area (Å²) in [6, 6.07) is 16.5. The molecule has 0 spiro atoms. The first-order valence-electron chi connectivity index (χ1n) is 18.4. The van der Waals surface area contributed by atoms with E-state index in [2.05, 4.69) is 0 Å². The van der Waals surface area contributed by atoms with E-state index in [1.165, 1.54) is 12.1 Å². The third-order valence-electron chi connectivity index (χ3n) is 7.01. The molecule has 7 aromatic carbocycles. The van der Waals surface area contributed by atoms with Gasteiger partial charge in [-0.2, -0.15) is 0 Å². The van der Waals surface area contributed by atoms with Gasteiger partial charge in [-0.25, -0.2) is 0 Å². The van der Waals surface area contributed by atoms with Gasteiger partial charge in [0.15, 0.2) is 0 Å². The van der Waals surface area contributed by atoms with E-state index in [-0.39, 0.29) is 74.9 Å². The van der Waals surface area contributed by atoms with Crippen molar-refractivity contribution < 1.29 is 20.9 Å². The summed E-state index contributed by atoms with van der Waals surface area (Å²) < 4.78 is 111. The molecule has 1 heteroatoms. The third-order valence-corrected chi connectivity index (χ3v) is 7.01. The van der Waals surface area contributed by atoms with Crippen LogP contribution in [0.2, 0.25) is 0 Å². The molecule has 39 heavy (non-hydrogen) atoms. The fourth-order valence-electron chi connectivity index (χ4n) is 5.38. The molecule has 0 amide bonds. The molecule has 0 aliphatic carbocycles. The average molecular weight is 509 g/mol. The van der Waals surface area contributed by atoms with Crippen LogP contribution in [-0.2, 0) is 0 Å². The third kappa shape index (κ3) is 3.41. The summed E-state index contributed by atoms with van der Waals surface area (Å²) in [4.78, 5) is 0. The number of benzene rings is 7. The van der Waals surface area contributed by atoms with E-state index >= 15 is 0 Å². The zero-order valence-electron chi connectivity index (χ0n) is 32.3. The lowest BCUT2D eigenvalue weighted by Crippen LogP contribution is -1.91. The standard InChI is InChI=1S/C38H24O/c1-2-12-25(13-3-1)26-14-10-15-27(24-26)36-28-16-4-6-18-30(28)37(31-19-7-5-17-29(31)36)33-21-11-23-35-38(33)32-20-8-9-22-34(32)39-35/h1-24H/i1D,8D,9D,10D,11D,14D,15D,20D,21D,22D,23D,24D. The van der Waals surface area contributed by atoms with Crippen LogP contribution in [-0.4, -0.2) is 0 Å². The molecule has 0 unspecified atom stereocenters. The van der Waals surface area contributed by atoms with E-state index in [4.69, 9.17) is 18.1 Å². The molecule has 0 aliphatic rings. The highest BCUT2D eigenvalue weighted by Crippen LogP contribution is 2.47. The minimum absolute atomic E-state index is 0.0136. The highest BCUT2D eigenvalue weighted by molar-refractivity contribution is 6.25. The Bertz CT molecular complexity index is 2770. The van der Waals surface area contributed by atoms with E-state index in [1.54, 1.807) is 60.7 Å². The van der Waals surface area contributed by atoms with Crippen LogP contribution in [0.3, 0.4) is 0 Å². The van der Waals surface area contributed by atoms with Crippen molar-refractivity contribution >= 4 is 43.5 Å². The van der Waals surface area contributed by atoms with Crippen molar-refractivity contribution in [3.63, 3.8) is 0 Å². The van der Waals surface area contributed by atoms with Gasteiger partial charge < -0.3 is 4.42 Å². The molecule has 0 saturated heterocycles. The van der Waals surface area contributed by atoms with Gasteiger partial charge in [-0.3, -0.25) is 0 Å². The zero-order chi connectivity index (χ0) is 36.2. The summed E-state index contributed by atoms with van der Waals surface area (Å²) in [5, 5.41) is 2.19. The smallest absolute Gasteiger partial charge is 0.136 e. The molecular weight excluding hydrogens is 472 g/mol. The molecule has 1 nitrogen and oxygen atoms in total. The van der Waals surface area contributed by atoms with Crippen molar-refractivity contribution in [2.45, 2.75) is 0 Å². The highest BCUT2D eigenvalue weighted by atomic mass is 16.3. The summed E-state index contributed by atoms with van der Waals surface area (Å²) in [7, 11) is 0. The lowest BCUT2D eigenvalue weighted by atomic mass is 9.84. The fraction of sp³-hybridized carbons (Fsp3) is 0. The minimum Gasteiger partial charge on any atom is -0.456 e. The van der Waals surface area contributed by atoms with Crippen LogP contribution in [0.4, 0.5) is 0 Å². The predicted octanol–water partition coefficient (Wildman–Crippen LogP) is 10.9. The molecule has 1 heterocycles. The van der Waals surface area contributed by atoms with Gasteiger partial charge in [0.25, 0.3) is 0 Å². The number of hydrogen-bond donors (Lipinski definition) is 0. The van der Waals surface area contributed by atoms with E-state index < -0.39 is 36.3 Å². The van der Waals surface area contributed by atoms with Crippen LogP contribution < -0.4 is 0 Å². The zero-order valence-corrected chi connectivity index (χ0v) is 20.3. The maximum Gasteiger partial charge on any atom is 0.136 e. The Morgan fingerprint density at radius 2 is 1.05 bits per heavy atom. The number of hydrogen-bond acceptors (Lipinski definition) is 1. The predicted molar refractivity (Wildman–Crippen MR) is 165 cm³/mol. The monoisotopic (exact) mass is 508 g/mol.